The summed E-state index contributed by atoms with van der Waals surface area (Å²) in [5, 5.41) is 8.62. The molecule has 1 rings (SSSR count). The molecular weight excluding hydrogens is 164 g/mol. The highest BCUT2D eigenvalue weighted by Crippen LogP contribution is 2.37. The van der Waals surface area contributed by atoms with Crippen LogP contribution < -0.4 is 0 Å². The number of rotatable bonds is 1. The maximum absolute atomic E-state index is 10.5. The Morgan fingerprint density at radius 2 is 2.15 bits per heavy atom. The molecule has 0 bridgehead atoms. The summed E-state index contributed by atoms with van der Waals surface area (Å²) in [6.45, 7) is 6.38. The monoisotopic (exact) mass is 180 g/mol. The number of carbonyl (C=O) groups is 1. The fourth-order valence-electron chi connectivity index (χ4n) is 2.04. The van der Waals surface area contributed by atoms with Crippen LogP contribution in [0, 0.1) is 5.41 Å². The minimum Gasteiger partial charge on any atom is -0.478 e. The van der Waals surface area contributed by atoms with E-state index in [0.717, 1.165) is 18.4 Å². The Kier molecular flexibility index (Phi) is 2.60. The number of allylic oxidation sites excluding steroid dienone is 3. The molecule has 0 fully saturated rings. The Morgan fingerprint density at radius 3 is 2.62 bits per heavy atom. The molecule has 0 aromatic carbocycles. The summed E-state index contributed by atoms with van der Waals surface area (Å²) in [6.07, 6.45) is 5.21. The average molecular weight is 180 g/mol. The molecule has 1 aliphatic carbocycles. The van der Waals surface area contributed by atoms with Gasteiger partial charge in [0.05, 0.1) is 0 Å². The van der Waals surface area contributed by atoms with E-state index in [9.17, 15) is 4.79 Å². The van der Waals surface area contributed by atoms with Crippen LogP contribution in [0.25, 0.3) is 0 Å². The third-order valence-corrected chi connectivity index (χ3v) is 2.18. The van der Waals surface area contributed by atoms with Gasteiger partial charge in [-0.3, -0.25) is 0 Å². The van der Waals surface area contributed by atoms with Crippen LogP contribution in [-0.2, 0) is 4.79 Å². The van der Waals surface area contributed by atoms with Crippen molar-refractivity contribution in [3.05, 3.63) is 23.3 Å². The van der Waals surface area contributed by atoms with Gasteiger partial charge < -0.3 is 5.11 Å². The van der Waals surface area contributed by atoms with E-state index in [1.54, 1.807) is 0 Å². The second-order valence-corrected chi connectivity index (χ2v) is 4.57. The number of carboxylic acid groups (broad SMARTS) is 1. The predicted octanol–water partition coefficient (Wildman–Crippen LogP) is 2.76. The number of carboxylic acids is 1. The highest BCUT2D eigenvalue weighted by atomic mass is 16.4. The first-order valence-corrected chi connectivity index (χ1v) is 4.50. The van der Waals surface area contributed by atoms with E-state index in [4.69, 9.17) is 5.11 Å². The van der Waals surface area contributed by atoms with Crippen LogP contribution in [0.3, 0.4) is 0 Å². The van der Waals surface area contributed by atoms with Gasteiger partial charge in [0, 0.05) is 6.08 Å². The van der Waals surface area contributed by atoms with Crippen LogP contribution in [0.4, 0.5) is 0 Å². The summed E-state index contributed by atoms with van der Waals surface area (Å²) < 4.78 is 0. The van der Waals surface area contributed by atoms with Gasteiger partial charge in [0.1, 0.15) is 0 Å². The van der Waals surface area contributed by atoms with E-state index in [2.05, 4.69) is 20.8 Å². The first-order valence-electron chi connectivity index (χ1n) is 4.50. The summed E-state index contributed by atoms with van der Waals surface area (Å²) in [4.78, 5) is 10.5. The van der Waals surface area contributed by atoms with Crippen molar-refractivity contribution in [1.29, 1.82) is 0 Å². The summed E-state index contributed by atoms with van der Waals surface area (Å²) in [5.74, 6) is -0.850. The zero-order chi connectivity index (χ0) is 10.1. The molecule has 0 aromatic rings. The molecule has 0 spiro atoms. The molecule has 0 amide bonds. The lowest BCUT2D eigenvalue weighted by Gasteiger charge is -2.29. The van der Waals surface area contributed by atoms with E-state index in [-0.39, 0.29) is 5.41 Å². The van der Waals surface area contributed by atoms with Gasteiger partial charge in [0.25, 0.3) is 0 Å². The molecule has 0 heterocycles. The normalized spacial score (nSPS) is 24.2. The average Bonchev–Trinajstić information content (AvgIpc) is 1.78. The standard InChI is InChI=1S/C11H16O2/c1-8-4-9(5-10(12)13)7-11(2,3)6-8/h4-5H,6-7H2,1-3H3,(H,12,13). The molecule has 0 aliphatic heterocycles. The summed E-state index contributed by atoms with van der Waals surface area (Å²) in [7, 11) is 0. The van der Waals surface area contributed by atoms with Crippen molar-refractivity contribution in [1.82, 2.24) is 0 Å². The predicted molar refractivity (Wildman–Crippen MR) is 52.5 cm³/mol. The summed E-state index contributed by atoms with van der Waals surface area (Å²) in [6, 6.07) is 0. The van der Waals surface area contributed by atoms with Crippen LogP contribution in [0.2, 0.25) is 0 Å². The maximum atomic E-state index is 10.5. The van der Waals surface area contributed by atoms with Crippen LogP contribution >= 0.6 is 0 Å². The molecule has 0 atom stereocenters. The Hall–Kier alpha value is -1.05. The van der Waals surface area contributed by atoms with Gasteiger partial charge in [-0.15, -0.1) is 0 Å². The third-order valence-electron chi connectivity index (χ3n) is 2.18. The molecule has 72 valence electrons. The second kappa shape index (κ2) is 3.36. The topological polar surface area (TPSA) is 37.3 Å². The summed E-state index contributed by atoms with van der Waals surface area (Å²) >= 11 is 0. The largest absolute Gasteiger partial charge is 0.478 e. The molecule has 2 heteroatoms. The number of aliphatic carboxylic acids is 1. The van der Waals surface area contributed by atoms with Crippen LogP contribution in [0.15, 0.2) is 23.3 Å². The Labute approximate surface area is 79.0 Å². The zero-order valence-electron chi connectivity index (χ0n) is 8.42. The third kappa shape index (κ3) is 3.05. The van der Waals surface area contributed by atoms with Crippen molar-refractivity contribution in [3.63, 3.8) is 0 Å². The number of hydrogen-bond donors (Lipinski definition) is 1. The van der Waals surface area contributed by atoms with E-state index < -0.39 is 5.97 Å². The lowest BCUT2D eigenvalue weighted by Crippen LogP contribution is -2.16. The minimum absolute atomic E-state index is 0.208. The smallest absolute Gasteiger partial charge is 0.328 e. The van der Waals surface area contributed by atoms with Crippen LogP contribution in [0.1, 0.15) is 33.6 Å². The lowest BCUT2D eigenvalue weighted by atomic mass is 9.75. The molecule has 0 aromatic heterocycles. The first kappa shape index (κ1) is 10.0. The fraction of sp³-hybridized carbons (Fsp3) is 0.545. The maximum Gasteiger partial charge on any atom is 0.328 e. The van der Waals surface area contributed by atoms with E-state index in [1.165, 1.54) is 11.6 Å². The van der Waals surface area contributed by atoms with Gasteiger partial charge in [-0.1, -0.05) is 25.5 Å². The Balaban J connectivity index is 2.91. The quantitative estimate of drug-likeness (QED) is 0.630. The Bertz CT molecular complexity index is 282. The molecule has 2 nitrogen and oxygen atoms in total. The zero-order valence-corrected chi connectivity index (χ0v) is 8.42. The highest BCUT2D eigenvalue weighted by molar-refractivity contribution is 5.81. The first-order chi connectivity index (χ1) is 5.89. The second-order valence-electron chi connectivity index (χ2n) is 4.57. The van der Waals surface area contributed by atoms with Crippen molar-refractivity contribution < 1.29 is 9.90 Å². The molecule has 0 saturated carbocycles. The SMILES string of the molecule is CC1=CC(=CC(=O)O)CC(C)(C)C1. The fourth-order valence-corrected chi connectivity index (χ4v) is 2.04. The van der Waals surface area contributed by atoms with Crippen LogP contribution in [-0.4, -0.2) is 11.1 Å². The molecule has 0 saturated heterocycles. The molecule has 1 N–H and O–H groups in total. The van der Waals surface area contributed by atoms with Crippen molar-refractivity contribution in [2.75, 3.05) is 0 Å². The highest BCUT2D eigenvalue weighted by Gasteiger charge is 2.23. The van der Waals surface area contributed by atoms with E-state index in [0.29, 0.717) is 0 Å². The molecule has 0 unspecified atom stereocenters. The lowest BCUT2D eigenvalue weighted by molar-refractivity contribution is -0.131. The summed E-state index contributed by atoms with van der Waals surface area (Å²) in [5.41, 5.74) is 2.41. The van der Waals surface area contributed by atoms with Gasteiger partial charge in [0.2, 0.25) is 0 Å². The van der Waals surface area contributed by atoms with E-state index in [1.807, 2.05) is 6.08 Å². The van der Waals surface area contributed by atoms with Gasteiger partial charge in [0.15, 0.2) is 0 Å². The van der Waals surface area contributed by atoms with Gasteiger partial charge in [-0.2, -0.15) is 0 Å². The van der Waals surface area contributed by atoms with Crippen molar-refractivity contribution in [3.8, 4) is 0 Å². The van der Waals surface area contributed by atoms with Crippen LogP contribution in [0.5, 0.6) is 0 Å². The van der Waals surface area contributed by atoms with Gasteiger partial charge in [-0.25, -0.2) is 4.79 Å². The van der Waals surface area contributed by atoms with Crippen molar-refractivity contribution in [2.24, 2.45) is 5.41 Å². The Morgan fingerprint density at radius 1 is 1.54 bits per heavy atom. The minimum atomic E-state index is -0.850. The van der Waals surface area contributed by atoms with Gasteiger partial charge >= 0.3 is 5.97 Å². The molecule has 0 radical (unpaired) electrons. The van der Waals surface area contributed by atoms with E-state index >= 15 is 0 Å². The van der Waals surface area contributed by atoms with Crippen molar-refractivity contribution >= 4 is 5.97 Å². The molecular formula is C11H16O2. The molecule has 13 heavy (non-hydrogen) atoms. The van der Waals surface area contributed by atoms with Crippen molar-refractivity contribution in [2.45, 2.75) is 33.6 Å². The molecule has 1 aliphatic rings. The number of hydrogen-bond acceptors (Lipinski definition) is 1. The van der Waals surface area contributed by atoms with Gasteiger partial charge in [-0.05, 0) is 30.8 Å².